The second kappa shape index (κ2) is 4.06. The van der Waals surface area contributed by atoms with Gasteiger partial charge in [0.25, 0.3) is 0 Å². The molecule has 1 aromatic carbocycles. The number of aromatic nitrogens is 5. The molecule has 0 N–H and O–H groups in total. The van der Waals surface area contributed by atoms with Gasteiger partial charge in [0, 0.05) is 6.07 Å². The molecule has 3 aromatic rings. The molecule has 2 aromatic heterocycles. The molecule has 3 rings (SSSR count). The molecule has 0 radical (unpaired) electrons. The molecular formula is C12H11N5O. The summed E-state index contributed by atoms with van der Waals surface area (Å²) in [5.41, 5.74) is 2.88. The first-order chi connectivity index (χ1) is 8.70. The summed E-state index contributed by atoms with van der Waals surface area (Å²) >= 11 is 0. The molecule has 0 saturated heterocycles. The molecule has 0 atom stereocenters. The Kier molecular flexibility index (Phi) is 2.40. The molecular weight excluding hydrogens is 230 g/mol. The van der Waals surface area contributed by atoms with Crippen molar-refractivity contribution in [3.63, 3.8) is 0 Å². The highest BCUT2D eigenvalue weighted by Gasteiger charge is 2.03. The largest absolute Gasteiger partial charge is 0.438 e. The van der Waals surface area contributed by atoms with Crippen molar-refractivity contribution in [2.45, 2.75) is 13.8 Å². The first-order valence-electron chi connectivity index (χ1n) is 5.52. The molecule has 0 fully saturated rings. The van der Waals surface area contributed by atoms with Gasteiger partial charge in [-0.1, -0.05) is 6.07 Å². The summed E-state index contributed by atoms with van der Waals surface area (Å²) < 4.78 is 7.02. The van der Waals surface area contributed by atoms with Crippen LogP contribution in [0.1, 0.15) is 11.1 Å². The molecule has 6 nitrogen and oxygen atoms in total. The summed E-state index contributed by atoms with van der Waals surface area (Å²) in [5.74, 6) is 1.22. The van der Waals surface area contributed by atoms with Crippen LogP contribution in [0.4, 0.5) is 0 Å². The minimum Gasteiger partial charge on any atom is -0.438 e. The van der Waals surface area contributed by atoms with E-state index >= 15 is 0 Å². The van der Waals surface area contributed by atoms with E-state index in [9.17, 15) is 0 Å². The summed E-state index contributed by atoms with van der Waals surface area (Å²) in [6, 6.07) is 9.50. The third-order valence-corrected chi connectivity index (χ3v) is 2.46. The van der Waals surface area contributed by atoms with Gasteiger partial charge in [0.15, 0.2) is 5.65 Å². The average molecular weight is 241 g/mol. The van der Waals surface area contributed by atoms with Crippen molar-refractivity contribution in [1.29, 1.82) is 0 Å². The van der Waals surface area contributed by atoms with Crippen LogP contribution in [0.15, 0.2) is 30.3 Å². The van der Waals surface area contributed by atoms with Crippen molar-refractivity contribution in [3.05, 3.63) is 41.5 Å². The zero-order chi connectivity index (χ0) is 12.5. The van der Waals surface area contributed by atoms with E-state index in [1.165, 1.54) is 4.63 Å². The summed E-state index contributed by atoms with van der Waals surface area (Å²) in [5, 5.41) is 15.2. The molecule has 0 aliphatic carbocycles. The highest BCUT2D eigenvalue weighted by atomic mass is 16.5. The Morgan fingerprint density at radius 1 is 1.06 bits per heavy atom. The van der Waals surface area contributed by atoms with E-state index in [2.05, 4.69) is 26.7 Å². The molecule has 0 aliphatic rings. The first-order valence-corrected chi connectivity index (χ1v) is 5.52. The predicted molar refractivity (Wildman–Crippen MR) is 64.6 cm³/mol. The number of ether oxygens (including phenoxy) is 1. The van der Waals surface area contributed by atoms with Crippen molar-refractivity contribution in [2.75, 3.05) is 0 Å². The number of hydrogen-bond acceptors (Lipinski definition) is 5. The van der Waals surface area contributed by atoms with Crippen LogP contribution in [0.5, 0.6) is 11.6 Å². The number of tetrazole rings is 1. The fraction of sp³-hybridized carbons (Fsp3) is 0.167. The van der Waals surface area contributed by atoms with Crippen molar-refractivity contribution < 1.29 is 4.74 Å². The van der Waals surface area contributed by atoms with Gasteiger partial charge in [-0.3, -0.25) is 0 Å². The van der Waals surface area contributed by atoms with E-state index < -0.39 is 0 Å². The number of rotatable bonds is 2. The number of aryl methyl sites for hydroxylation is 2. The minimum atomic E-state index is 0.458. The maximum atomic E-state index is 5.69. The lowest BCUT2D eigenvalue weighted by Gasteiger charge is -2.06. The van der Waals surface area contributed by atoms with E-state index in [0.717, 1.165) is 16.9 Å². The van der Waals surface area contributed by atoms with Gasteiger partial charge >= 0.3 is 0 Å². The van der Waals surface area contributed by atoms with Crippen LogP contribution in [0.2, 0.25) is 0 Å². The molecule has 90 valence electrons. The normalized spacial score (nSPS) is 10.8. The van der Waals surface area contributed by atoms with Crippen LogP contribution >= 0.6 is 0 Å². The Labute approximate surface area is 103 Å². The smallest absolute Gasteiger partial charge is 0.239 e. The van der Waals surface area contributed by atoms with Crippen LogP contribution in [0, 0.1) is 13.8 Å². The van der Waals surface area contributed by atoms with E-state index in [-0.39, 0.29) is 0 Å². The van der Waals surface area contributed by atoms with Gasteiger partial charge in [0.05, 0.1) is 0 Å². The Balaban J connectivity index is 1.95. The van der Waals surface area contributed by atoms with Crippen LogP contribution in [-0.4, -0.2) is 25.3 Å². The number of hydrogen-bond donors (Lipinski definition) is 0. The SMILES string of the molecule is Cc1cc(C)cc(Oc2ccc3nnnn3n2)c1. The monoisotopic (exact) mass is 241 g/mol. The second-order valence-corrected chi connectivity index (χ2v) is 4.12. The topological polar surface area (TPSA) is 65.2 Å². The van der Waals surface area contributed by atoms with Crippen molar-refractivity contribution >= 4 is 5.65 Å². The van der Waals surface area contributed by atoms with E-state index in [1.807, 2.05) is 26.0 Å². The second-order valence-electron chi connectivity index (χ2n) is 4.12. The lowest BCUT2D eigenvalue weighted by atomic mass is 10.1. The number of nitrogens with zero attached hydrogens (tertiary/aromatic N) is 5. The van der Waals surface area contributed by atoms with Crippen molar-refractivity contribution in [3.8, 4) is 11.6 Å². The highest BCUT2D eigenvalue weighted by molar-refractivity contribution is 5.38. The molecule has 0 aliphatic heterocycles. The molecule has 0 bridgehead atoms. The van der Waals surface area contributed by atoms with Gasteiger partial charge in [-0.05, 0) is 53.6 Å². The molecule has 0 saturated carbocycles. The third kappa shape index (κ3) is 2.00. The number of fused-ring (bicyclic) bond motifs is 1. The summed E-state index contributed by atoms with van der Waals surface area (Å²) in [6.07, 6.45) is 0. The van der Waals surface area contributed by atoms with E-state index in [1.54, 1.807) is 12.1 Å². The van der Waals surface area contributed by atoms with Gasteiger partial charge in [0.1, 0.15) is 5.75 Å². The number of benzene rings is 1. The summed E-state index contributed by atoms with van der Waals surface area (Å²) in [4.78, 5) is 0. The van der Waals surface area contributed by atoms with Gasteiger partial charge < -0.3 is 4.74 Å². The quantitative estimate of drug-likeness (QED) is 0.685. The van der Waals surface area contributed by atoms with Crippen molar-refractivity contribution in [1.82, 2.24) is 25.3 Å². The van der Waals surface area contributed by atoms with Gasteiger partial charge in [-0.15, -0.1) is 14.8 Å². The lowest BCUT2D eigenvalue weighted by molar-refractivity contribution is 0.446. The molecule has 18 heavy (non-hydrogen) atoms. The van der Waals surface area contributed by atoms with Crippen LogP contribution in [-0.2, 0) is 0 Å². The highest BCUT2D eigenvalue weighted by Crippen LogP contribution is 2.21. The first kappa shape index (κ1) is 10.6. The van der Waals surface area contributed by atoms with Gasteiger partial charge in [-0.2, -0.15) is 0 Å². The third-order valence-electron chi connectivity index (χ3n) is 2.46. The average Bonchev–Trinajstić information content (AvgIpc) is 2.74. The van der Waals surface area contributed by atoms with Crippen LogP contribution in [0.3, 0.4) is 0 Å². The zero-order valence-electron chi connectivity index (χ0n) is 10.0. The fourth-order valence-corrected chi connectivity index (χ4v) is 1.80. The molecule has 0 spiro atoms. The molecule has 0 amide bonds. The van der Waals surface area contributed by atoms with E-state index in [0.29, 0.717) is 11.5 Å². The fourth-order valence-electron chi connectivity index (χ4n) is 1.80. The maximum absolute atomic E-state index is 5.69. The van der Waals surface area contributed by atoms with Gasteiger partial charge in [-0.25, -0.2) is 0 Å². The lowest BCUT2D eigenvalue weighted by Crippen LogP contribution is -1.97. The van der Waals surface area contributed by atoms with E-state index in [4.69, 9.17) is 4.74 Å². The summed E-state index contributed by atoms with van der Waals surface area (Å²) in [6.45, 7) is 4.05. The Morgan fingerprint density at radius 3 is 2.61 bits per heavy atom. The Morgan fingerprint density at radius 2 is 1.83 bits per heavy atom. The van der Waals surface area contributed by atoms with Crippen LogP contribution < -0.4 is 4.74 Å². The molecule has 6 heteroatoms. The van der Waals surface area contributed by atoms with Crippen LogP contribution in [0.25, 0.3) is 5.65 Å². The van der Waals surface area contributed by atoms with Gasteiger partial charge in [0.2, 0.25) is 5.88 Å². The Hall–Kier alpha value is -2.50. The van der Waals surface area contributed by atoms with Crippen molar-refractivity contribution in [2.24, 2.45) is 0 Å². The minimum absolute atomic E-state index is 0.458. The standard InChI is InChI=1S/C12H11N5O/c1-8-5-9(2)7-10(6-8)18-12-4-3-11-13-15-16-17(11)14-12/h3-7H,1-2H3. The molecule has 2 heterocycles. The summed E-state index contributed by atoms with van der Waals surface area (Å²) in [7, 11) is 0. The predicted octanol–water partition coefficient (Wildman–Crippen LogP) is 1.93. The maximum Gasteiger partial charge on any atom is 0.239 e. The zero-order valence-corrected chi connectivity index (χ0v) is 10.0. The molecule has 0 unspecified atom stereocenters. The Bertz CT molecular complexity index is 686.